The highest BCUT2D eigenvalue weighted by Gasteiger charge is 2.41. The summed E-state index contributed by atoms with van der Waals surface area (Å²) in [6.45, 7) is 6.03. The van der Waals surface area contributed by atoms with Crippen LogP contribution >= 0.6 is 0 Å². The van der Waals surface area contributed by atoms with E-state index in [1.54, 1.807) is 7.05 Å². The summed E-state index contributed by atoms with van der Waals surface area (Å²) >= 11 is 0. The number of nitrogens with two attached hydrogens (primary N) is 1. The zero-order chi connectivity index (χ0) is 15.9. The maximum Gasteiger partial charge on any atom is 0.227 e. The van der Waals surface area contributed by atoms with Crippen LogP contribution in [0.4, 0.5) is 0 Å². The molecule has 2 atom stereocenters. The van der Waals surface area contributed by atoms with Gasteiger partial charge in [-0.3, -0.25) is 9.59 Å². The first-order valence-electron chi connectivity index (χ1n) is 8.17. The van der Waals surface area contributed by atoms with E-state index < -0.39 is 5.41 Å². The molecular formula is C16H31N3O2. The summed E-state index contributed by atoms with van der Waals surface area (Å²) in [6, 6.07) is 0. The predicted molar refractivity (Wildman–Crippen MR) is 84.7 cm³/mol. The number of nitrogens with one attached hydrogen (secondary N) is 1. The van der Waals surface area contributed by atoms with Crippen LogP contribution in [0.1, 0.15) is 52.4 Å². The van der Waals surface area contributed by atoms with Crippen LogP contribution in [-0.2, 0) is 9.59 Å². The van der Waals surface area contributed by atoms with Gasteiger partial charge in [0.15, 0.2) is 0 Å². The quantitative estimate of drug-likeness (QED) is 0.713. The van der Waals surface area contributed by atoms with Crippen molar-refractivity contribution >= 4 is 11.8 Å². The Bertz CT molecular complexity index is 353. The van der Waals surface area contributed by atoms with Crippen LogP contribution in [0.15, 0.2) is 0 Å². The Labute approximate surface area is 128 Å². The van der Waals surface area contributed by atoms with E-state index in [0.717, 1.165) is 32.1 Å². The minimum absolute atomic E-state index is 0.0322. The van der Waals surface area contributed by atoms with Crippen LogP contribution in [0.25, 0.3) is 0 Å². The molecule has 2 amide bonds. The number of hydrogen-bond donors (Lipinski definition) is 2. The van der Waals surface area contributed by atoms with Crippen molar-refractivity contribution in [2.45, 2.75) is 52.4 Å². The Morgan fingerprint density at radius 2 is 2.05 bits per heavy atom. The van der Waals surface area contributed by atoms with Gasteiger partial charge in [0.1, 0.15) is 0 Å². The highest BCUT2D eigenvalue weighted by Crippen LogP contribution is 2.31. The molecule has 1 heterocycles. The third kappa shape index (κ3) is 4.99. The lowest BCUT2D eigenvalue weighted by Crippen LogP contribution is -2.40. The highest BCUT2D eigenvalue weighted by atomic mass is 16.2. The average Bonchev–Trinajstić information content (AvgIpc) is 2.88. The second-order valence-electron chi connectivity index (χ2n) is 6.48. The van der Waals surface area contributed by atoms with Crippen LogP contribution in [0.2, 0.25) is 0 Å². The largest absolute Gasteiger partial charge is 0.359 e. The summed E-state index contributed by atoms with van der Waals surface area (Å²) in [6.07, 6.45) is 5.51. The number of hydrogen-bond acceptors (Lipinski definition) is 3. The third-order valence-corrected chi connectivity index (χ3v) is 4.64. The summed E-state index contributed by atoms with van der Waals surface area (Å²) in [4.78, 5) is 26.0. The Morgan fingerprint density at radius 1 is 1.33 bits per heavy atom. The monoisotopic (exact) mass is 297 g/mol. The standard InChI is InChI=1S/C16H31N3O2/c1-4-5-13(8-10-17)6-7-14(20)19-11-9-16(2,12-19)15(21)18-3/h13H,4-12,17H2,1-3H3,(H,18,21). The van der Waals surface area contributed by atoms with Gasteiger partial charge in [-0.25, -0.2) is 0 Å². The van der Waals surface area contributed by atoms with Gasteiger partial charge in [-0.2, -0.15) is 0 Å². The van der Waals surface area contributed by atoms with E-state index in [1.165, 1.54) is 0 Å². The number of carbonyl (C=O) groups excluding carboxylic acids is 2. The van der Waals surface area contributed by atoms with Gasteiger partial charge in [-0.1, -0.05) is 19.8 Å². The molecule has 5 heteroatoms. The first-order chi connectivity index (χ1) is 9.96. The number of amides is 2. The summed E-state index contributed by atoms with van der Waals surface area (Å²) in [5.41, 5.74) is 5.21. The van der Waals surface area contributed by atoms with Crippen molar-refractivity contribution in [3.63, 3.8) is 0 Å². The van der Waals surface area contributed by atoms with E-state index in [9.17, 15) is 9.59 Å². The third-order valence-electron chi connectivity index (χ3n) is 4.64. The maximum absolute atomic E-state index is 12.3. The number of nitrogens with zero attached hydrogens (tertiary/aromatic N) is 1. The fourth-order valence-electron chi connectivity index (χ4n) is 3.22. The Kier molecular flexibility index (Phi) is 7.15. The molecule has 0 saturated carbocycles. The first-order valence-corrected chi connectivity index (χ1v) is 8.17. The molecule has 1 fully saturated rings. The van der Waals surface area contributed by atoms with Gasteiger partial charge < -0.3 is 16.0 Å². The van der Waals surface area contributed by atoms with Gasteiger partial charge in [0.05, 0.1) is 5.41 Å². The van der Waals surface area contributed by atoms with Crippen molar-refractivity contribution in [3.05, 3.63) is 0 Å². The molecule has 122 valence electrons. The van der Waals surface area contributed by atoms with Gasteiger partial charge >= 0.3 is 0 Å². The number of carbonyl (C=O) groups is 2. The lowest BCUT2D eigenvalue weighted by atomic mass is 9.89. The second-order valence-corrected chi connectivity index (χ2v) is 6.48. The smallest absolute Gasteiger partial charge is 0.227 e. The van der Waals surface area contributed by atoms with Gasteiger partial charge in [-0.05, 0) is 38.6 Å². The minimum atomic E-state index is -0.426. The van der Waals surface area contributed by atoms with Crippen molar-refractivity contribution in [2.24, 2.45) is 17.1 Å². The summed E-state index contributed by atoms with van der Waals surface area (Å²) in [5, 5.41) is 2.70. The summed E-state index contributed by atoms with van der Waals surface area (Å²) < 4.78 is 0. The lowest BCUT2D eigenvalue weighted by Gasteiger charge is -2.23. The molecule has 3 N–H and O–H groups in total. The molecule has 0 spiro atoms. The number of likely N-dealkylation sites (tertiary alicyclic amines) is 1. The SMILES string of the molecule is CCCC(CCN)CCC(=O)N1CCC(C)(C(=O)NC)C1. The Balaban J connectivity index is 2.45. The molecule has 0 bridgehead atoms. The molecule has 0 radical (unpaired) electrons. The lowest BCUT2D eigenvalue weighted by molar-refractivity contribution is -0.132. The molecule has 0 aliphatic carbocycles. The molecular weight excluding hydrogens is 266 g/mol. The molecule has 1 saturated heterocycles. The molecule has 0 aromatic carbocycles. The molecule has 2 unspecified atom stereocenters. The van der Waals surface area contributed by atoms with Crippen molar-refractivity contribution in [1.82, 2.24) is 10.2 Å². The van der Waals surface area contributed by atoms with E-state index in [-0.39, 0.29) is 11.8 Å². The van der Waals surface area contributed by atoms with Crippen LogP contribution in [0.3, 0.4) is 0 Å². The van der Waals surface area contributed by atoms with Crippen LogP contribution in [0.5, 0.6) is 0 Å². The summed E-state index contributed by atoms with van der Waals surface area (Å²) in [7, 11) is 1.65. The fourth-order valence-corrected chi connectivity index (χ4v) is 3.22. The fraction of sp³-hybridized carbons (Fsp3) is 0.875. The first kappa shape index (κ1) is 18.0. The van der Waals surface area contributed by atoms with E-state index >= 15 is 0 Å². The van der Waals surface area contributed by atoms with Crippen molar-refractivity contribution in [2.75, 3.05) is 26.7 Å². The highest BCUT2D eigenvalue weighted by molar-refractivity contribution is 5.84. The summed E-state index contributed by atoms with van der Waals surface area (Å²) in [5.74, 6) is 0.766. The van der Waals surface area contributed by atoms with Gasteiger partial charge in [-0.15, -0.1) is 0 Å². The number of rotatable bonds is 8. The Morgan fingerprint density at radius 3 is 2.62 bits per heavy atom. The Hall–Kier alpha value is -1.10. The molecule has 5 nitrogen and oxygen atoms in total. The molecule has 21 heavy (non-hydrogen) atoms. The van der Waals surface area contributed by atoms with Gasteiger partial charge in [0.2, 0.25) is 11.8 Å². The predicted octanol–water partition coefficient (Wildman–Crippen LogP) is 1.52. The van der Waals surface area contributed by atoms with Gasteiger partial charge in [0, 0.05) is 26.6 Å². The maximum atomic E-state index is 12.3. The molecule has 0 aromatic heterocycles. The van der Waals surface area contributed by atoms with E-state index in [4.69, 9.17) is 5.73 Å². The zero-order valence-electron chi connectivity index (χ0n) is 13.8. The normalized spacial score (nSPS) is 23.1. The van der Waals surface area contributed by atoms with Crippen molar-refractivity contribution in [3.8, 4) is 0 Å². The van der Waals surface area contributed by atoms with Gasteiger partial charge in [0.25, 0.3) is 0 Å². The second kappa shape index (κ2) is 8.37. The van der Waals surface area contributed by atoms with Crippen molar-refractivity contribution in [1.29, 1.82) is 0 Å². The van der Waals surface area contributed by atoms with Crippen LogP contribution < -0.4 is 11.1 Å². The van der Waals surface area contributed by atoms with E-state index in [2.05, 4.69) is 12.2 Å². The molecule has 1 rings (SSSR count). The van der Waals surface area contributed by atoms with Crippen LogP contribution in [0, 0.1) is 11.3 Å². The molecule has 0 aromatic rings. The van der Waals surface area contributed by atoms with Crippen molar-refractivity contribution < 1.29 is 9.59 Å². The van der Waals surface area contributed by atoms with E-state index in [0.29, 0.717) is 32.0 Å². The van der Waals surface area contributed by atoms with Crippen LogP contribution in [-0.4, -0.2) is 43.4 Å². The topological polar surface area (TPSA) is 75.4 Å². The van der Waals surface area contributed by atoms with E-state index in [1.807, 2.05) is 11.8 Å². The average molecular weight is 297 g/mol. The zero-order valence-corrected chi connectivity index (χ0v) is 13.8. The minimum Gasteiger partial charge on any atom is -0.359 e. The molecule has 1 aliphatic heterocycles. The molecule has 1 aliphatic rings.